The van der Waals surface area contributed by atoms with Gasteiger partial charge in [-0.05, 0) is 0 Å². The van der Waals surface area contributed by atoms with Crippen molar-refractivity contribution in [3.63, 3.8) is 0 Å². The van der Waals surface area contributed by atoms with Crippen molar-refractivity contribution in [3.05, 3.63) is 0 Å². The van der Waals surface area contributed by atoms with E-state index in [-0.39, 0.29) is 0 Å². The molecule has 0 N–H and O–H groups in total. The monoisotopic (exact) mass is 316 g/mol. The molecular formula is C20H45P. The molecule has 0 saturated heterocycles. The number of hydrogen-bond acceptors (Lipinski definition) is 0. The van der Waals surface area contributed by atoms with Crippen LogP contribution in [0.5, 0.6) is 0 Å². The Kier molecular flexibility index (Phi) is 15.6. The van der Waals surface area contributed by atoms with Gasteiger partial charge in [0, 0.05) is 0 Å². The molecule has 0 saturated carbocycles. The molecule has 0 aromatic carbocycles. The summed E-state index contributed by atoms with van der Waals surface area (Å²) in [6, 6.07) is 0. The molecule has 0 unspecified atom stereocenters. The van der Waals surface area contributed by atoms with Gasteiger partial charge in [0.25, 0.3) is 0 Å². The van der Waals surface area contributed by atoms with Crippen molar-refractivity contribution in [1.82, 2.24) is 0 Å². The van der Waals surface area contributed by atoms with Crippen molar-refractivity contribution in [3.8, 4) is 0 Å². The molecule has 0 aliphatic carbocycles. The van der Waals surface area contributed by atoms with E-state index in [1.807, 2.05) is 0 Å². The van der Waals surface area contributed by atoms with Gasteiger partial charge < -0.3 is 0 Å². The van der Waals surface area contributed by atoms with Gasteiger partial charge in [-0.3, -0.25) is 0 Å². The Hall–Kier alpha value is 0.430. The third kappa shape index (κ3) is 11.6. The van der Waals surface area contributed by atoms with Crippen LogP contribution in [0.2, 0.25) is 0 Å². The van der Waals surface area contributed by atoms with Crippen LogP contribution in [-0.2, 0) is 0 Å². The van der Waals surface area contributed by atoms with Crippen LogP contribution in [-0.4, -0.2) is 24.6 Å². The molecular weight excluding hydrogens is 271 g/mol. The minimum absolute atomic E-state index is 0.916. The molecule has 0 aromatic heterocycles. The standard InChI is InChI=1S/C20H45P/c1-5-9-11-13-15-19-21(17-7-3,18-8-4)20-16-14-12-10-6-2/h21H,5-20H2,1-4H3. The molecule has 0 spiro atoms. The molecule has 0 aliphatic rings. The summed E-state index contributed by atoms with van der Waals surface area (Å²) in [4.78, 5) is 0. The molecule has 0 radical (unpaired) electrons. The second-order valence-electron chi connectivity index (χ2n) is 7.33. The summed E-state index contributed by atoms with van der Waals surface area (Å²) >= 11 is 0. The topological polar surface area (TPSA) is 0 Å². The summed E-state index contributed by atoms with van der Waals surface area (Å²) in [7, 11) is -0.916. The fraction of sp³-hybridized carbons (Fsp3) is 1.00. The summed E-state index contributed by atoms with van der Waals surface area (Å²) in [5, 5.41) is 0. The van der Waals surface area contributed by atoms with E-state index < -0.39 is 7.26 Å². The second-order valence-corrected chi connectivity index (χ2v) is 12.3. The molecule has 0 nitrogen and oxygen atoms in total. The van der Waals surface area contributed by atoms with E-state index in [2.05, 4.69) is 27.7 Å². The molecule has 0 bridgehead atoms. The molecule has 0 aromatic rings. The summed E-state index contributed by atoms with van der Waals surface area (Å²) in [5.41, 5.74) is 0. The molecule has 0 amide bonds. The van der Waals surface area contributed by atoms with E-state index >= 15 is 0 Å². The molecule has 0 atom stereocenters. The van der Waals surface area contributed by atoms with E-state index in [0.717, 1.165) is 0 Å². The average Bonchev–Trinajstić information content (AvgIpc) is 2.47. The third-order valence-electron chi connectivity index (χ3n) is 5.18. The Bertz CT molecular complexity index is 178. The van der Waals surface area contributed by atoms with E-state index in [1.54, 1.807) is 37.5 Å². The normalized spacial score (nSPS) is 12.8. The van der Waals surface area contributed by atoms with Crippen LogP contribution in [0.1, 0.15) is 105 Å². The molecule has 0 aliphatic heterocycles. The van der Waals surface area contributed by atoms with E-state index in [9.17, 15) is 0 Å². The van der Waals surface area contributed by atoms with Gasteiger partial charge in [0.15, 0.2) is 0 Å². The van der Waals surface area contributed by atoms with Crippen molar-refractivity contribution in [2.45, 2.75) is 105 Å². The van der Waals surface area contributed by atoms with Gasteiger partial charge in [-0.2, -0.15) is 0 Å². The zero-order valence-corrected chi connectivity index (χ0v) is 16.8. The first-order valence-corrected chi connectivity index (χ1v) is 13.1. The number of hydrogen-bond donors (Lipinski definition) is 0. The van der Waals surface area contributed by atoms with Crippen molar-refractivity contribution < 1.29 is 0 Å². The van der Waals surface area contributed by atoms with Crippen LogP contribution in [0, 0.1) is 0 Å². The first-order valence-electron chi connectivity index (χ1n) is 10.2. The van der Waals surface area contributed by atoms with Crippen LogP contribution in [0.25, 0.3) is 0 Å². The Labute approximate surface area is 137 Å². The van der Waals surface area contributed by atoms with Crippen LogP contribution in [0.4, 0.5) is 0 Å². The van der Waals surface area contributed by atoms with Crippen molar-refractivity contribution >= 4 is 7.26 Å². The van der Waals surface area contributed by atoms with Gasteiger partial charge in [-0.15, -0.1) is 0 Å². The fourth-order valence-corrected chi connectivity index (χ4v) is 9.64. The number of rotatable bonds is 16. The van der Waals surface area contributed by atoms with Gasteiger partial charge >= 0.3 is 137 Å². The van der Waals surface area contributed by atoms with Gasteiger partial charge in [-0.1, -0.05) is 0 Å². The van der Waals surface area contributed by atoms with Crippen LogP contribution in [0.3, 0.4) is 0 Å². The molecule has 0 heterocycles. The SMILES string of the molecule is CCCCCCC[PH](CCC)(CCC)CCCCCCC. The Morgan fingerprint density at radius 2 is 0.762 bits per heavy atom. The quantitative estimate of drug-likeness (QED) is 0.204. The molecule has 0 rings (SSSR count). The van der Waals surface area contributed by atoms with E-state index in [1.165, 1.54) is 64.2 Å². The zero-order chi connectivity index (χ0) is 15.8. The van der Waals surface area contributed by atoms with Crippen molar-refractivity contribution in [1.29, 1.82) is 0 Å². The zero-order valence-electron chi connectivity index (χ0n) is 15.8. The Balaban J connectivity index is 4.16. The summed E-state index contributed by atoms with van der Waals surface area (Å²) < 4.78 is 0. The van der Waals surface area contributed by atoms with Crippen LogP contribution >= 0.6 is 7.26 Å². The fourth-order valence-electron chi connectivity index (χ4n) is 4.02. The Morgan fingerprint density at radius 1 is 0.381 bits per heavy atom. The van der Waals surface area contributed by atoms with Gasteiger partial charge in [0.1, 0.15) is 0 Å². The molecule has 1 heteroatoms. The van der Waals surface area contributed by atoms with Gasteiger partial charge in [0.05, 0.1) is 0 Å². The van der Waals surface area contributed by atoms with Crippen LogP contribution < -0.4 is 0 Å². The van der Waals surface area contributed by atoms with Crippen LogP contribution in [0.15, 0.2) is 0 Å². The van der Waals surface area contributed by atoms with Crippen molar-refractivity contribution in [2.24, 2.45) is 0 Å². The summed E-state index contributed by atoms with van der Waals surface area (Å²) in [6.45, 7) is 9.49. The molecule has 130 valence electrons. The summed E-state index contributed by atoms with van der Waals surface area (Å²) in [5.74, 6) is 0. The maximum atomic E-state index is 2.42. The van der Waals surface area contributed by atoms with E-state index in [4.69, 9.17) is 0 Å². The molecule has 21 heavy (non-hydrogen) atoms. The number of unbranched alkanes of at least 4 members (excludes halogenated alkanes) is 8. The van der Waals surface area contributed by atoms with Gasteiger partial charge in [0.2, 0.25) is 0 Å². The predicted octanol–water partition coefficient (Wildman–Crippen LogP) is 7.50. The average molecular weight is 317 g/mol. The second kappa shape index (κ2) is 15.3. The minimum atomic E-state index is -0.916. The van der Waals surface area contributed by atoms with Gasteiger partial charge in [-0.25, -0.2) is 0 Å². The molecule has 0 fully saturated rings. The third-order valence-corrected chi connectivity index (χ3v) is 11.1. The van der Waals surface area contributed by atoms with E-state index in [0.29, 0.717) is 0 Å². The summed E-state index contributed by atoms with van der Waals surface area (Å²) in [6.07, 6.45) is 24.1. The predicted molar refractivity (Wildman–Crippen MR) is 106 cm³/mol. The first kappa shape index (κ1) is 21.4. The maximum absolute atomic E-state index is 2.42. The first-order chi connectivity index (χ1) is 10.2. The van der Waals surface area contributed by atoms with Crippen molar-refractivity contribution in [2.75, 3.05) is 24.6 Å². The Morgan fingerprint density at radius 3 is 1.10 bits per heavy atom.